The third-order valence-electron chi connectivity index (χ3n) is 1.71. The molecule has 0 unspecified atom stereocenters. The molecule has 0 aromatic heterocycles. The average Bonchev–Trinajstić information content (AvgIpc) is 2.09. The van der Waals surface area contributed by atoms with Gasteiger partial charge in [-0.05, 0) is 26.8 Å². The zero-order chi connectivity index (χ0) is 10.1. The second-order valence-electron chi connectivity index (χ2n) is 3.59. The van der Waals surface area contributed by atoms with E-state index in [2.05, 4.69) is 12.2 Å². The minimum Gasteiger partial charge on any atom is -0.389 e. The summed E-state index contributed by atoms with van der Waals surface area (Å²) in [5, 5.41) is 12.6. The number of hydrogen-bond donors (Lipinski definition) is 2. The smallest absolute Gasteiger partial charge is 0.0897 e. The maximum Gasteiger partial charge on any atom is 0.0897 e. The van der Waals surface area contributed by atoms with E-state index in [1.807, 2.05) is 13.8 Å². The lowest BCUT2D eigenvalue weighted by Crippen LogP contribution is -2.31. The maximum atomic E-state index is 9.41. The van der Waals surface area contributed by atoms with E-state index >= 15 is 0 Å². The van der Waals surface area contributed by atoms with Crippen molar-refractivity contribution >= 4 is 0 Å². The number of ether oxygens (including phenoxy) is 1. The van der Waals surface area contributed by atoms with Crippen molar-refractivity contribution in [3.05, 3.63) is 0 Å². The monoisotopic (exact) mass is 189 g/mol. The molecule has 2 N–H and O–H groups in total. The average molecular weight is 189 g/mol. The molecule has 3 heteroatoms. The summed E-state index contributed by atoms with van der Waals surface area (Å²) in [7, 11) is 0. The van der Waals surface area contributed by atoms with Crippen molar-refractivity contribution in [1.29, 1.82) is 0 Å². The van der Waals surface area contributed by atoms with Crippen molar-refractivity contribution in [1.82, 2.24) is 5.32 Å². The van der Waals surface area contributed by atoms with Crippen LogP contribution in [-0.2, 0) is 4.74 Å². The number of rotatable bonds is 8. The van der Waals surface area contributed by atoms with Crippen molar-refractivity contribution in [3.63, 3.8) is 0 Å². The molecule has 13 heavy (non-hydrogen) atoms. The molecule has 0 rings (SSSR count). The fraction of sp³-hybridized carbons (Fsp3) is 1.00. The van der Waals surface area contributed by atoms with Gasteiger partial charge in [0.1, 0.15) is 0 Å². The van der Waals surface area contributed by atoms with E-state index in [1.54, 1.807) is 0 Å². The highest BCUT2D eigenvalue weighted by Gasteiger charge is 2.04. The van der Waals surface area contributed by atoms with Crippen molar-refractivity contribution in [2.45, 2.75) is 45.8 Å². The van der Waals surface area contributed by atoms with E-state index in [-0.39, 0.29) is 12.2 Å². The highest BCUT2D eigenvalue weighted by Crippen LogP contribution is 1.91. The minimum absolute atomic E-state index is 0.199. The Morgan fingerprint density at radius 1 is 1.38 bits per heavy atom. The van der Waals surface area contributed by atoms with Gasteiger partial charge in [0.2, 0.25) is 0 Å². The first-order valence-electron chi connectivity index (χ1n) is 5.17. The first-order valence-corrected chi connectivity index (χ1v) is 5.17. The van der Waals surface area contributed by atoms with Crippen LogP contribution in [0.2, 0.25) is 0 Å². The molecule has 0 fully saturated rings. The molecule has 0 aliphatic carbocycles. The lowest BCUT2D eigenvalue weighted by molar-refractivity contribution is 0.00647. The summed E-state index contributed by atoms with van der Waals surface area (Å²) in [4.78, 5) is 0. The van der Waals surface area contributed by atoms with Crippen molar-refractivity contribution in [3.8, 4) is 0 Å². The Kier molecular flexibility index (Phi) is 8.40. The van der Waals surface area contributed by atoms with Crippen LogP contribution in [0.1, 0.15) is 33.6 Å². The highest BCUT2D eigenvalue weighted by molar-refractivity contribution is 4.58. The molecule has 0 amide bonds. The Hall–Kier alpha value is -0.120. The standard InChI is InChI=1S/C10H23NO2/c1-4-5-6-11-7-10(12)8-13-9(2)3/h9-12H,4-8H2,1-3H3/t10-/m0/s1. The van der Waals surface area contributed by atoms with Gasteiger partial charge in [-0.3, -0.25) is 0 Å². The third-order valence-corrected chi connectivity index (χ3v) is 1.71. The third kappa shape index (κ3) is 9.80. The Morgan fingerprint density at radius 2 is 2.08 bits per heavy atom. The van der Waals surface area contributed by atoms with Crippen molar-refractivity contribution < 1.29 is 9.84 Å². The van der Waals surface area contributed by atoms with Gasteiger partial charge in [-0.2, -0.15) is 0 Å². The number of aliphatic hydroxyl groups is 1. The molecule has 0 heterocycles. The van der Waals surface area contributed by atoms with E-state index in [1.165, 1.54) is 6.42 Å². The number of nitrogens with one attached hydrogen (secondary N) is 1. The first kappa shape index (κ1) is 12.9. The van der Waals surface area contributed by atoms with Crippen molar-refractivity contribution in [2.24, 2.45) is 0 Å². The molecule has 0 saturated carbocycles. The van der Waals surface area contributed by atoms with Gasteiger partial charge in [0, 0.05) is 6.54 Å². The van der Waals surface area contributed by atoms with Crippen LogP contribution in [0.3, 0.4) is 0 Å². The molecule has 0 radical (unpaired) electrons. The fourth-order valence-corrected chi connectivity index (χ4v) is 0.933. The molecule has 0 aromatic rings. The fourth-order valence-electron chi connectivity index (χ4n) is 0.933. The zero-order valence-electron chi connectivity index (χ0n) is 9.05. The van der Waals surface area contributed by atoms with Gasteiger partial charge in [-0.15, -0.1) is 0 Å². The summed E-state index contributed by atoms with van der Waals surface area (Å²) >= 11 is 0. The van der Waals surface area contributed by atoms with Crippen LogP contribution in [0.5, 0.6) is 0 Å². The molecule has 0 aliphatic heterocycles. The van der Waals surface area contributed by atoms with E-state index in [0.717, 1.165) is 13.0 Å². The molecule has 0 aliphatic rings. The lowest BCUT2D eigenvalue weighted by atomic mass is 10.3. The molecule has 1 atom stereocenters. The second kappa shape index (κ2) is 8.48. The van der Waals surface area contributed by atoms with Gasteiger partial charge >= 0.3 is 0 Å². The summed E-state index contributed by atoms with van der Waals surface area (Å²) in [6.45, 7) is 8.13. The molecular weight excluding hydrogens is 166 g/mol. The summed E-state index contributed by atoms with van der Waals surface area (Å²) in [5.41, 5.74) is 0. The summed E-state index contributed by atoms with van der Waals surface area (Å²) < 4.78 is 5.27. The van der Waals surface area contributed by atoms with Crippen molar-refractivity contribution in [2.75, 3.05) is 19.7 Å². The predicted molar refractivity (Wildman–Crippen MR) is 54.9 cm³/mol. The SMILES string of the molecule is CCCCNC[C@H](O)COC(C)C. The zero-order valence-corrected chi connectivity index (χ0v) is 9.05. The van der Waals surface area contributed by atoms with E-state index in [4.69, 9.17) is 4.74 Å². The molecule has 0 spiro atoms. The quantitative estimate of drug-likeness (QED) is 0.563. The Morgan fingerprint density at radius 3 is 2.62 bits per heavy atom. The van der Waals surface area contributed by atoms with Gasteiger partial charge in [0.15, 0.2) is 0 Å². The molecule has 0 bridgehead atoms. The lowest BCUT2D eigenvalue weighted by Gasteiger charge is -2.13. The largest absolute Gasteiger partial charge is 0.389 e. The Labute approximate surface area is 81.5 Å². The van der Waals surface area contributed by atoms with Gasteiger partial charge in [0.05, 0.1) is 18.8 Å². The van der Waals surface area contributed by atoms with E-state index in [0.29, 0.717) is 13.2 Å². The van der Waals surface area contributed by atoms with Gasteiger partial charge < -0.3 is 15.2 Å². The van der Waals surface area contributed by atoms with Crippen LogP contribution in [-0.4, -0.2) is 37.0 Å². The van der Waals surface area contributed by atoms with Gasteiger partial charge in [-0.1, -0.05) is 13.3 Å². The van der Waals surface area contributed by atoms with E-state index < -0.39 is 0 Å². The predicted octanol–water partition coefficient (Wildman–Crippen LogP) is 1.16. The normalized spacial score (nSPS) is 13.6. The van der Waals surface area contributed by atoms with Crippen LogP contribution in [0.4, 0.5) is 0 Å². The number of aliphatic hydroxyl groups excluding tert-OH is 1. The molecule has 0 aromatic carbocycles. The first-order chi connectivity index (χ1) is 6.16. The van der Waals surface area contributed by atoms with Crippen LogP contribution < -0.4 is 5.32 Å². The summed E-state index contributed by atoms with van der Waals surface area (Å²) in [6.07, 6.45) is 2.17. The summed E-state index contributed by atoms with van der Waals surface area (Å²) in [5.74, 6) is 0. The molecule has 3 nitrogen and oxygen atoms in total. The molecule has 0 saturated heterocycles. The van der Waals surface area contributed by atoms with E-state index in [9.17, 15) is 5.11 Å². The highest BCUT2D eigenvalue weighted by atomic mass is 16.5. The minimum atomic E-state index is -0.376. The summed E-state index contributed by atoms with van der Waals surface area (Å²) in [6, 6.07) is 0. The van der Waals surface area contributed by atoms with Gasteiger partial charge in [-0.25, -0.2) is 0 Å². The topological polar surface area (TPSA) is 41.5 Å². The van der Waals surface area contributed by atoms with Crippen LogP contribution in [0, 0.1) is 0 Å². The maximum absolute atomic E-state index is 9.41. The Bertz CT molecular complexity index is 107. The van der Waals surface area contributed by atoms with Gasteiger partial charge in [0.25, 0.3) is 0 Å². The molecule has 80 valence electrons. The number of hydrogen-bond acceptors (Lipinski definition) is 3. The Balaban J connectivity index is 3.15. The molecular formula is C10H23NO2. The number of unbranched alkanes of at least 4 members (excludes halogenated alkanes) is 1. The van der Waals surface area contributed by atoms with Crippen LogP contribution in [0.25, 0.3) is 0 Å². The van der Waals surface area contributed by atoms with Crippen LogP contribution in [0.15, 0.2) is 0 Å². The second-order valence-corrected chi connectivity index (χ2v) is 3.59. The van der Waals surface area contributed by atoms with Crippen LogP contribution >= 0.6 is 0 Å².